The van der Waals surface area contributed by atoms with Gasteiger partial charge in [-0.15, -0.1) is 0 Å². The smallest absolute Gasteiger partial charge is 0.0544 e. The van der Waals surface area contributed by atoms with E-state index in [1.54, 1.807) is 0 Å². The lowest BCUT2D eigenvalue weighted by molar-refractivity contribution is 1.26. The van der Waals surface area contributed by atoms with Crippen LogP contribution in [-0.4, -0.2) is 9.97 Å². The molecular weight excluding hydrogens is 544 g/mol. The highest BCUT2D eigenvalue weighted by atomic mass is 14.7. The Labute approximate surface area is 260 Å². The van der Waals surface area contributed by atoms with E-state index in [0.29, 0.717) is 0 Å². The first kappa shape index (κ1) is 24.6. The molecule has 10 rings (SSSR count). The van der Waals surface area contributed by atoms with E-state index in [-0.39, 0.29) is 0 Å². The molecule has 0 spiro atoms. The van der Waals surface area contributed by atoms with Crippen LogP contribution in [0.2, 0.25) is 0 Å². The minimum Gasteiger partial charge on any atom is -0.354 e. The Hall–Kier alpha value is -5.86. The number of rotatable bonds is 3. The molecule has 0 unspecified atom stereocenters. The number of hydrogen-bond acceptors (Lipinski definition) is 0. The molecule has 45 heavy (non-hydrogen) atoms. The van der Waals surface area contributed by atoms with Gasteiger partial charge < -0.3 is 9.97 Å². The largest absolute Gasteiger partial charge is 0.354 e. The van der Waals surface area contributed by atoms with Gasteiger partial charge in [-0.3, -0.25) is 0 Å². The van der Waals surface area contributed by atoms with E-state index in [1.807, 2.05) is 0 Å². The van der Waals surface area contributed by atoms with Crippen molar-refractivity contribution in [2.75, 3.05) is 0 Å². The molecule has 2 heteroatoms. The van der Waals surface area contributed by atoms with E-state index in [9.17, 15) is 0 Å². The van der Waals surface area contributed by atoms with Crippen molar-refractivity contribution >= 4 is 43.6 Å². The number of nitrogens with one attached hydrogen (secondary N) is 2. The Morgan fingerprint density at radius 2 is 0.933 bits per heavy atom. The molecule has 7 aromatic carbocycles. The van der Waals surface area contributed by atoms with E-state index in [1.165, 1.54) is 88.2 Å². The highest BCUT2D eigenvalue weighted by molar-refractivity contribution is 6.18. The van der Waals surface area contributed by atoms with Gasteiger partial charge in [-0.25, -0.2) is 0 Å². The molecule has 1 aliphatic rings. The second kappa shape index (κ2) is 9.32. The summed E-state index contributed by atoms with van der Waals surface area (Å²) in [7, 11) is 0. The number of hydrogen-bond donors (Lipinski definition) is 2. The lowest BCUT2D eigenvalue weighted by Crippen LogP contribution is -1.98. The van der Waals surface area contributed by atoms with E-state index >= 15 is 0 Å². The molecule has 0 amide bonds. The zero-order chi connectivity index (χ0) is 29.5. The van der Waals surface area contributed by atoms with Crippen LogP contribution in [0.1, 0.15) is 11.1 Å². The molecule has 0 atom stereocenters. The Balaban J connectivity index is 1.41. The van der Waals surface area contributed by atoms with Crippen LogP contribution < -0.4 is 0 Å². The van der Waals surface area contributed by atoms with Gasteiger partial charge in [0.15, 0.2) is 0 Å². The van der Waals surface area contributed by atoms with Crippen molar-refractivity contribution in [2.45, 2.75) is 6.42 Å². The summed E-state index contributed by atoms with van der Waals surface area (Å²) in [5.74, 6) is 0. The van der Waals surface area contributed by atoms with Gasteiger partial charge in [-0.05, 0) is 69.1 Å². The molecule has 0 saturated carbocycles. The SMILES string of the molecule is c1ccc(-c2c3c(cc(-c4cccc5c4[nH]c4ccccc45)c2-c2cccc4c2[nH]c2ccccc24)-c2ccccc2C3)cc1. The van der Waals surface area contributed by atoms with Crippen molar-refractivity contribution in [1.82, 2.24) is 9.97 Å². The van der Waals surface area contributed by atoms with Gasteiger partial charge in [0.2, 0.25) is 0 Å². The van der Waals surface area contributed by atoms with Crippen molar-refractivity contribution in [3.8, 4) is 44.5 Å². The standard InChI is InChI=1S/C43H28N2/c1-2-12-26(13-3-1)40-36-24-27-14-4-5-15-28(27)35(36)25-37(33-20-10-18-31-29-16-6-8-22-38(29)44-42(31)33)41(40)34-21-11-19-32-30-17-7-9-23-39(30)45-43(32)34/h1-23,25,44-45H,24H2. The first-order chi connectivity index (χ1) is 22.3. The van der Waals surface area contributed by atoms with E-state index in [2.05, 4.69) is 156 Å². The highest BCUT2D eigenvalue weighted by Gasteiger charge is 2.29. The molecule has 0 radical (unpaired) electrons. The van der Waals surface area contributed by atoms with Crippen LogP contribution in [0.25, 0.3) is 88.1 Å². The average molecular weight is 573 g/mol. The van der Waals surface area contributed by atoms with Crippen molar-refractivity contribution in [3.05, 3.63) is 157 Å². The second-order valence-electron chi connectivity index (χ2n) is 12.2. The molecule has 0 saturated heterocycles. The third kappa shape index (κ3) is 3.51. The fourth-order valence-electron chi connectivity index (χ4n) is 7.87. The quantitative estimate of drug-likeness (QED) is 0.211. The number of aromatic amines is 2. The summed E-state index contributed by atoms with van der Waals surface area (Å²) in [4.78, 5) is 7.66. The zero-order valence-electron chi connectivity index (χ0n) is 24.6. The summed E-state index contributed by atoms with van der Waals surface area (Å²) in [6.07, 6.45) is 0.919. The summed E-state index contributed by atoms with van der Waals surface area (Å²) in [5, 5.41) is 5.01. The van der Waals surface area contributed by atoms with Crippen molar-refractivity contribution in [1.29, 1.82) is 0 Å². The third-order valence-corrected chi connectivity index (χ3v) is 9.81. The van der Waals surface area contributed by atoms with Crippen LogP contribution in [0.4, 0.5) is 0 Å². The summed E-state index contributed by atoms with van der Waals surface area (Å²) >= 11 is 0. The monoisotopic (exact) mass is 572 g/mol. The molecule has 1 aliphatic carbocycles. The number of aromatic nitrogens is 2. The lowest BCUT2D eigenvalue weighted by Gasteiger charge is -2.22. The molecule has 2 N–H and O–H groups in total. The van der Waals surface area contributed by atoms with Crippen molar-refractivity contribution in [2.24, 2.45) is 0 Å². The first-order valence-corrected chi connectivity index (χ1v) is 15.7. The Bertz CT molecular complexity index is 2620. The van der Waals surface area contributed by atoms with Gasteiger partial charge in [0.05, 0.1) is 11.0 Å². The van der Waals surface area contributed by atoms with Crippen molar-refractivity contribution < 1.29 is 0 Å². The molecule has 2 heterocycles. The summed E-state index contributed by atoms with van der Waals surface area (Å²) < 4.78 is 0. The maximum Gasteiger partial charge on any atom is 0.0544 e. The minimum absolute atomic E-state index is 0.919. The highest BCUT2D eigenvalue weighted by Crippen LogP contribution is 2.52. The normalized spacial score (nSPS) is 12.4. The van der Waals surface area contributed by atoms with Crippen LogP contribution >= 0.6 is 0 Å². The average Bonchev–Trinajstić information content (AvgIpc) is 3.79. The molecule has 0 bridgehead atoms. The number of H-pyrrole nitrogens is 2. The van der Waals surface area contributed by atoms with Gasteiger partial charge in [-0.2, -0.15) is 0 Å². The van der Waals surface area contributed by atoms with Crippen LogP contribution in [0.3, 0.4) is 0 Å². The lowest BCUT2D eigenvalue weighted by atomic mass is 9.81. The zero-order valence-corrected chi connectivity index (χ0v) is 24.6. The van der Waals surface area contributed by atoms with E-state index in [0.717, 1.165) is 17.5 Å². The predicted molar refractivity (Wildman–Crippen MR) is 190 cm³/mol. The van der Waals surface area contributed by atoms with E-state index < -0.39 is 0 Å². The van der Waals surface area contributed by atoms with E-state index in [4.69, 9.17) is 0 Å². The minimum atomic E-state index is 0.919. The molecule has 0 fully saturated rings. The van der Waals surface area contributed by atoms with Gasteiger partial charge in [0.25, 0.3) is 0 Å². The molecule has 9 aromatic rings. The number of benzene rings is 7. The molecule has 0 aliphatic heterocycles. The fraction of sp³-hybridized carbons (Fsp3) is 0.0233. The topological polar surface area (TPSA) is 31.6 Å². The van der Waals surface area contributed by atoms with Gasteiger partial charge in [-0.1, -0.05) is 127 Å². The fourth-order valence-corrected chi connectivity index (χ4v) is 7.87. The van der Waals surface area contributed by atoms with Crippen LogP contribution in [-0.2, 0) is 6.42 Å². The van der Waals surface area contributed by atoms with Gasteiger partial charge in [0.1, 0.15) is 0 Å². The Morgan fingerprint density at radius 1 is 0.378 bits per heavy atom. The third-order valence-electron chi connectivity index (χ3n) is 9.81. The van der Waals surface area contributed by atoms with Gasteiger partial charge in [0, 0.05) is 43.7 Å². The van der Waals surface area contributed by atoms with Crippen molar-refractivity contribution in [3.63, 3.8) is 0 Å². The predicted octanol–water partition coefficient (Wildman–Crippen LogP) is 11.5. The number of fused-ring (bicyclic) bond motifs is 9. The summed E-state index contributed by atoms with van der Waals surface area (Å²) in [6, 6.07) is 53.3. The first-order valence-electron chi connectivity index (χ1n) is 15.7. The van der Waals surface area contributed by atoms with Crippen LogP contribution in [0.15, 0.2) is 146 Å². The second-order valence-corrected chi connectivity index (χ2v) is 12.2. The Morgan fingerprint density at radius 3 is 1.67 bits per heavy atom. The van der Waals surface area contributed by atoms with Crippen LogP contribution in [0.5, 0.6) is 0 Å². The summed E-state index contributed by atoms with van der Waals surface area (Å²) in [5.41, 5.74) is 17.7. The molecule has 2 aromatic heterocycles. The molecule has 2 nitrogen and oxygen atoms in total. The maximum atomic E-state index is 3.84. The molecule has 210 valence electrons. The van der Waals surface area contributed by atoms with Crippen LogP contribution in [0, 0.1) is 0 Å². The Kier molecular flexibility index (Phi) is 5.09. The van der Waals surface area contributed by atoms with Gasteiger partial charge >= 0.3 is 0 Å². The number of para-hydroxylation sites is 4. The summed E-state index contributed by atoms with van der Waals surface area (Å²) in [6.45, 7) is 0. The molecular formula is C43H28N2. The maximum absolute atomic E-state index is 3.84.